The van der Waals surface area contributed by atoms with Crippen LogP contribution >= 0.6 is 11.6 Å². The van der Waals surface area contributed by atoms with Crippen LogP contribution in [0.1, 0.15) is 24.0 Å². The summed E-state index contributed by atoms with van der Waals surface area (Å²) in [5.41, 5.74) is 2.43. The molecule has 126 valence electrons. The number of carbonyl (C=O) groups excluding carboxylic acids is 1. The zero-order chi connectivity index (χ0) is 16.1. The Morgan fingerprint density at radius 3 is 3.17 bits per heavy atom. The Labute approximate surface area is 141 Å². The maximum absolute atomic E-state index is 12.2. The second-order valence-electron chi connectivity index (χ2n) is 6.03. The van der Waals surface area contributed by atoms with Gasteiger partial charge in [-0.05, 0) is 42.5 Å². The highest BCUT2D eigenvalue weighted by atomic mass is 35.5. The maximum atomic E-state index is 12.2. The lowest BCUT2D eigenvalue weighted by Gasteiger charge is -2.29. The molecule has 23 heavy (non-hydrogen) atoms. The van der Waals surface area contributed by atoms with Crippen LogP contribution in [0.25, 0.3) is 0 Å². The highest BCUT2D eigenvalue weighted by Crippen LogP contribution is 2.22. The van der Waals surface area contributed by atoms with Gasteiger partial charge in [-0.25, -0.2) is 4.79 Å². The molecule has 2 aliphatic heterocycles. The number of nitrogens with one attached hydrogen (secondary N) is 1. The highest BCUT2D eigenvalue weighted by Gasteiger charge is 2.20. The van der Waals surface area contributed by atoms with E-state index in [2.05, 4.69) is 5.32 Å². The summed E-state index contributed by atoms with van der Waals surface area (Å²) < 4.78 is 10.9. The molecule has 1 atom stereocenters. The molecule has 2 aliphatic rings. The van der Waals surface area contributed by atoms with Crippen molar-refractivity contribution in [2.24, 2.45) is 0 Å². The van der Waals surface area contributed by atoms with Crippen LogP contribution < -0.4 is 5.32 Å². The van der Waals surface area contributed by atoms with E-state index in [0.29, 0.717) is 26.3 Å². The van der Waals surface area contributed by atoms with Gasteiger partial charge in [0.1, 0.15) is 0 Å². The fraction of sp³-hybridized carbons (Fsp3) is 0.588. The van der Waals surface area contributed by atoms with Gasteiger partial charge >= 0.3 is 6.03 Å². The van der Waals surface area contributed by atoms with Crippen LogP contribution in [-0.4, -0.2) is 49.9 Å². The molecule has 0 radical (unpaired) electrons. The Morgan fingerprint density at radius 1 is 1.43 bits per heavy atom. The molecule has 3 rings (SSSR count). The molecule has 2 heterocycles. The predicted octanol–water partition coefficient (Wildman–Crippen LogP) is 2.60. The Hall–Kier alpha value is -1.30. The summed E-state index contributed by atoms with van der Waals surface area (Å²) >= 11 is 6.01. The number of nitrogens with zero attached hydrogens (tertiary/aromatic N) is 1. The number of carbonyl (C=O) groups is 1. The quantitative estimate of drug-likeness (QED) is 0.840. The van der Waals surface area contributed by atoms with Crippen molar-refractivity contribution in [2.45, 2.75) is 31.9 Å². The van der Waals surface area contributed by atoms with E-state index in [1.807, 2.05) is 23.1 Å². The Balaban J connectivity index is 1.36. The largest absolute Gasteiger partial charge is 0.379 e. The summed E-state index contributed by atoms with van der Waals surface area (Å²) in [6.45, 7) is 4.17. The molecule has 2 amide bonds. The van der Waals surface area contributed by atoms with E-state index >= 15 is 0 Å². The van der Waals surface area contributed by atoms with Gasteiger partial charge in [0, 0.05) is 37.9 Å². The molecule has 0 spiro atoms. The van der Waals surface area contributed by atoms with Gasteiger partial charge < -0.3 is 19.7 Å². The lowest BCUT2D eigenvalue weighted by Crippen LogP contribution is -2.43. The summed E-state index contributed by atoms with van der Waals surface area (Å²) in [4.78, 5) is 14.1. The molecule has 1 aromatic carbocycles. The summed E-state index contributed by atoms with van der Waals surface area (Å²) in [5.74, 6) is 0. The molecular weight excluding hydrogens is 316 g/mol. The van der Waals surface area contributed by atoms with Gasteiger partial charge in [-0.3, -0.25) is 0 Å². The third kappa shape index (κ3) is 4.59. The first-order chi connectivity index (χ1) is 11.2. The molecule has 0 bridgehead atoms. The van der Waals surface area contributed by atoms with Crippen LogP contribution in [-0.2, 0) is 22.4 Å². The van der Waals surface area contributed by atoms with Crippen molar-refractivity contribution in [1.82, 2.24) is 10.2 Å². The maximum Gasteiger partial charge on any atom is 0.317 e. The topological polar surface area (TPSA) is 50.8 Å². The van der Waals surface area contributed by atoms with Crippen molar-refractivity contribution in [3.63, 3.8) is 0 Å². The van der Waals surface area contributed by atoms with Crippen molar-refractivity contribution in [1.29, 1.82) is 0 Å². The fourth-order valence-corrected chi connectivity index (χ4v) is 3.16. The van der Waals surface area contributed by atoms with Crippen molar-refractivity contribution in [3.05, 3.63) is 34.3 Å². The number of amides is 2. The molecule has 6 heteroatoms. The van der Waals surface area contributed by atoms with Gasteiger partial charge in [0.25, 0.3) is 0 Å². The molecule has 1 fully saturated rings. The second kappa shape index (κ2) is 7.99. The van der Waals surface area contributed by atoms with Crippen molar-refractivity contribution in [2.75, 3.05) is 32.9 Å². The van der Waals surface area contributed by atoms with E-state index < -0.39 is 0 Å². The molecule has 1 saturated heterocycles. The van der Waals surface area contributed by atoms with E-state index in [1.54, 1.807) is 0 Å². The van der Waals surface area contributed by atoms with Crippen molar-refractivity contribution >= 4 is 17.6 Å². The Kier molecular flexibility index (Phi) is 5.75. The zero-order valence-electron chi connectivity index (χ0n) is 13.2. The fourth-order valence-electron chi connectivity index (χ4n) is 2.97. The van der Waals surface area contributed by atoms with Gasteiger partial charge in [0.05, 0.1) is 12.7 Å². The van der Waals surface area contributed by atoms with E-state index in [-0.39, 0.29) is 12.1 Å². The van der Waals surface area contributed by atoms with Gasteiger partial charge in [0.2, 0.25) is 0 Å². The zero-order valence-corrected chi connectivity index (χ0v) is 14.0. The SMILES string of the molecule is O=C(NCCCO[C@H]1CCOC1)N1CCc2cc(Cl)ccc2C1. The van der Waals surface area contributed by atoms with Crippen molar-refractivity contribution in [3.8, 4) is 0 Å². The van der Waals surface area contributed by atoms with E-state index in [0.717, 1.165) is 37.4 Å². The monoisotopic (exact) mass is 338 g/mol. The standard InChI is InChI=1S/C17H23ClN2O3/c18-15-3-2-14-11-20(7-4-13(14)10-15)17(21)19-6-1-8-23-16-5-9-22-12-16/h2-3,10,16H,1,4-9,11-12H2,(H,19,21)/t16-/m0/s1. The van der Waals surface area contributed by atoms with Crippen LogP contribution in [0.15, 0.2) is 18.2 Å². The number of urea groups is 1. The summed E-state index contributed by atoms with van der Waals surface area (Å²) in [7, 11) is 0. The van der Waals surface area contributed by atoms with Crippen LogP contribution in [0, 0.1) is 0 Å². The number of hydrogen-bond acceptors (Lipinski definition) is 3. The Morgan fingerprint density at radius 2 is 2.35 bits per heavy atom. The lowest BCUT2D eigenvalue weighted by atomic mass is 10.0. The van der Waals surface area contributed by atoms with E-state index in [4.69, 9.17) is 21.1 Å². The molecule has 0 aromatic heterocycles. The van der Waals surface area contributed by atoms with Gasteiger partial charge in [-0.2, -0.15) is 0 Å². The van der Waals surface area contributed by atoms with Crippen molar-refractivity contribution < 1.29 is 14.3 Å². The number of halogens is 1. The number of rotatable bonds is 5. The minimum Gasteiger partial charge on any atom is -0.379 e. The van der Waals surface area contributed by atoms with Gasteiger partial charge in [-0.1, -0.05) is 17.7 Å². The third-order valence-electron chi connectivity index (χ3n) is 4.31. The smallest absolute Gasteiger partial charge is 0.317 e. The number of fused-ring (bicyclic) bond motifs is 1. The summed E-state index contributed by atoms with van der Waals surface area (Å²) in [6.07, 6.45) is 2.89. The van der Waals surface area contributed by atoms with Crippen LogP contribution in [0.3, 0.4) is 0 Å². The van der Waals surface area contributed by atoms with Crippen LogP contribution in [0.4, 0.5) is 4.79 Å². The van der Waals surface area contributed by atoms with E-state index in [1.165, 1.54) is 11.1 Å². The molecule has 0 unspecified atom stereocenters. The average Bonchev–Trinajstić information content (AvgIpc) is 3.07. The predicted molar refractivity (Wildman–Crippen MR) is 88.8 cm³/mol. The first-order valence-electron chi connectivity index (χ1n) is 8.22. The number of benzene rings is 1. The van der Waals surface area contributed by atoms with Crippen LogP contribution in [0.2, 0.25) is 5.02 Å². The minimum atomic E-state index is -0.00482. The number of ether oxygens (including phenoxy) is 2. The highest BCUT2D eigenvalue weighted by molar-refractivity contribution is 6.30. The molecule has 1 N–H and O–H groups in total. The normalized spacial score (nSPS) is 20.4. The van der Waals surface area contributed by atoms with Crippen LogP contribution in [0.5, 0.6) is 0 Å². The number of hydrogen-bond donors (Lipinski definition) is 1. The second-order valence-corrected chi connectivity index (χ2v) is 6.46. The lowest BCUT2D eigenvalue weighted by molar-refractivity contribution is 0.0417. The Bertz CT molecular complexity index is 547. The molecule has 0 saturated carbocycles. The molecule has 5 nitrogen and oxygen atoms in total. The van der Waals surface area contributed by atoms with Gasteiger partial charge in [0.15, 0.2) is 0 Å². The van der Waals surface area contributed by atoms with Gasteiger partial charge in [-0.15, -0.1) is 0 Å². The molecule has 1 aromatic rings. The third-order valence-corrected chi connectivity index (χ3v) is 4.54. The first-order valence-corrected chi connectivity index (χ1v) is 8.59. The molecular formula is C17H23ClN2O3. The average molecular weight is 339 g/mol. The van der Waals surface area contributed by atoms with E-state index in [9.17, 15) is 4.79 Å². The summed E-state index contributed by atoms with van der Waals surface area (Å²) in [5, 5.41) is 3.73. The summed E-state index contributed by atoms with van der Waals surface area (Å²) in [6, 6.07) is 5.88. The molecule has 0 aliphatic carbocycles. The minimum absolute atomic E-state index is 0.00482. The first kappa shape index (κ1) is 16.6.